The molecule has 14 nitrogen and oxygen atoms in total. The van der Waals surface area contributed by atoms with Gasteiger partial charge in [0.25, 0.3) is 0 Å². The first-order valence-corrected chi connectivity index (χ1v) is 11.2. The third-order valence-corrected chi connectivity index (χ3v) is 3.62. The highest BCUT2D eigenvalue weighted by Gasteiger charge is 2.08. The fourth-order valence-electron chi connectivity index (χ4n) is 2.06. The van der Waals surface area contributed by atoms with Crippen LogP contribution in [0.1, 0.15) is 27.7 Å². The number of ether oxygens (including phenoxy) is 2. The van der Waals surface area contributed by atoms with Gasteiger partial charge in [-0.25, -0.2) is 0 Å². The highest BCUT2D eigenvalue weighted by Crippen LogP contribution is 2.10. The number of hydrogen-bond donors (Lipinski definition) is 4. The molecule has 0 unspecified atom stereocenters. The zero-order chi connectivity index (χ0) is 25.3. The molecule has 4 N–H and O–H groups in total. The molecule has 34 heavy (non-hydrogen) atoms. The van der Waals surface area contributed by atoms with E-state index < -0.39 is 0 Å². The van der Waals surface area contributed by atoms with Crippen molar-refractivity contribution in [3.05, 3.63) is 10.6 Å². The molecule has 0 saturated heterocycles. The smallest absolute Gasteiger partial charge is 0.325 e. The quantitative estimate of drug-likeness (QED) is 0.299. The Morgan fingerprint density at radius 3 is 1.24 bits per heavy atom. The highest BCUT2D eigenvalue weighted by molar-refractivity contribution is 6.28. The Morgan fingerprint density at radius 2 is 0.941 bits per heavy atom. The van der Waals surface area contributed by atoms with E-state index in [4.69, 9.17) is 32.7 Å². The molecule has 0 aliphatic carbocycles. The van der Waals surface area contributed by atoms with Crippen LogP contribution in [-0.2, 0) is 19.1 Å². The minimum atomic E-state index is -0.381. The minimum Gasteiger partial charge on any atom is -0.465 e. The third-order valence-electron chi connectivity index (χ3n) is 3.28. The normalized spacial score (nSPS) is 9.82. The lowest BCUT2D eigenvalue weighted by atomic mass is 10.6. The summed E-state index contributed by atoms with van der Waals surface area (Å²) >= 11 is 11.4. The summed E-state index contributed by atoms with van der Waals surface area (Å²) < 4.78 is 9.50. The average molecular weight is 519 g/mol. The van der Waals surface area contributed by atoms with Gasteiger partial charge in [0.1, 0.15) is 13.1 Å². The summed E-state index contributed by atoms with van der Waals surface area (Å²) in [5, 5.41) is 11.3. The van der Waals surface area contributed by atoms with Gasteiger partial charge < -0.3 is 30.7 Å². The van der Waals surface area contributed by atoms with Crippen LogP contribution in [0.25, 0.3) is 0 Å². The monoisotopic (exact) mass is 518 g/mol. The van der Waals surface area contributed by atoms with Crippen molar-refractivity contribution in [1.82, 2.24) is 29.9 Å². The summed E-state index contributed by atoms with van der Waals surface area (Å²) in [6.07, 6.45) is 0. The second-order valence-corrected chi connectivity index (χ2v) is 6.56. The maximum absolute atomic E-state index is 11.1. The number of rotatable bonds is 12. The molecule has 0 bridgehead atoms. The molecule has 2 heterocycles. The molecule has 2 rings (SSSR count). The molecule has 16 heteroatoms. The van der Waals surface area contributed by atoms with Crippen molar-refractivity contribution in [3.8, 4) is 0 Å². The molecular weight excluding hydrogens is 491 g/mol. The van der Waals surface area contributed by atoms with Gasteiger partial charge in [-0.3, -0.25) is 9.59 Å². The van der Waals surface area contributed by atoms with Crippen molar-refractivity contribution in [1.29, 1.82) is 0 Å². The van der Waals surface area contributed by atoms with E-state index in [0.717, 1.165) is 0 Å². The van der Waals surface area contributed by atoms with E-state index >= 15 is 0 Å². The Kier molecular flexibility index (Phi) is 13.9. The number of anilines is 4. The number of carbonyl (C=O) groups is 2. The number of esters is 2. The summed E-state index contributed by atoms with van der Waals surface area (Å²) in [4.78, 5) is 45.6. The lowest BCUT2D eigenvalue weighted by molar-refractivity contribution is -0.141. The van der Waals surface area contributed by atoms with Gasteiger partial charge in [-0.05, 0) is 50.9 Å². The first-order valence-electron chi connectivity index (χ1n) is 10.4. The molecule has 0 saturated carbocycles. The number of hydrogen-bond acceptors (Lipinski definition) is 14. The Labute approximate surface area is 207 Å². The maximum atomic E-state index is 11.1. The fourth-order valence-corrected chi connectivity index (χ4v) is 2.38. The van der Waals surface area contributed by atoms with Crippen LogP contribution in [0.15, 0.2) is 0 Å². The van der Waals surface area contributed by atoms with Crippen molar-refractivity contribution in [2.75, 3.05) is 60.7 Å². The van der Waals surface area contributed by atoms with Gasteiger partial charge in [0.2, 0.25) is 34.4 Å². The molecule has 2 aromatic rings. The van der Waals surface area contributed by atoms with E-state index in [-0.39, 0.29) is 47.5 Å². The van der Waals surface area contributed by atoms with E-state index in [1.165, 1.54) is 0 Å². The standard InChI is InChI=1S/2C9H14ClN5O2/c2*1-3-11-8-13-7(10)14-9(15-8)12-5-6(16)17-4-2/h2*3-5H2,1-2H3,(H2,11,12,13,14,15). The molecular formula is C18H28Cl2N10O4. The summed E-state index contributed by atoms with van der Waals surface area (Å²) in [7, 11) is 0. The van der Waals surface area contributed by atoms with E-state index in [1.807, 2.05) is 13.8 Å². The van der Waals surface area contributed by atoms with Crippen LogP contribution < -0.4 is 21.3 Å². The topological polar surface area (TPSA) is 178 Å². The predicted molar refractivity (Wildman–Crippen MR) is 128 cm³/mol. The van der Waals surface area contributed by atoms with Crippen LogP contribution in [-0.4, -0.2) is 81.2 Å². The van der Waals surface area contributed by atoms with Gasteiger partial charge in [0.15, 0.2) is 0 Å². The average Bonchev–Trinajstić information content (AvgIpc) is 2.77. The van der Waals surface area contributed by atoms with E-state index in [9.17, 15) is 9.59 Å². The SMILES string of the molecule is CCNc1nc(Cl)nc(NCC(=O)OCC)n1.CCNc1nc(Cl)nc(NCC(=O)OCC)n1. The number of aromatic nitrogens is 6. The van der Waals surface area contributed by atoms with Crippen LogP contribution in [0.4, 0.5) is 23.8 Å². The molecule has 2 aromatic heterocycles. The lowest BCUT2D eigenvalue weighted by Gasteiger charge is -2.06. The Bertz CT molecular complexity index is 849. The number of nitrogens with zero attached hydrogens (tertiary/aromatic N) is 6. The Balaban J connectivity index is 0.000000340. The molecule has 0 spiro atoms. The largest absolute Gasteiger partial charge is 0.465 e. The second-order valence-electron chi connectivity index (χ2n) is 5.88. The first kappa shape index (κ1) is 28.8. The van der Waals surface area contributed by atoms with Gasteiger partial charge in [-0.2, -0.15) is 29.9 Å². The van der Waals surface area contributed by atoms with Crippen molar-refractivity contribution in [2.45, 2.75) is 27.7 Å². The molecule has 0 atom stereocenters. The highest BCUT2D eigenvalue weighted by atomic mass is 35.5. The van der Waals surface area contributed by atoms with Crippen LogP contribution in [0.2, 0.25) is 10.6 Å². The van der Waals surface area contributed by atoms with Crippen LogP contribution in [0, 0.1) is 0 Å². The zero-order valence-corrected chi connectivity index (χ0v) is 20.8. The van der Waals surface area contributed by atoms with Gasteiger partial charge in [0.05, 0.1) is 13.2 Å². The maximum Gasteiger partial charge on any atom is 0.325 e. The molecule has 0 aliphatic heterocycles. The van der Waals surface area contributed by atoms with Crippen LogP contribution in [0.3, 0.4) is 0 Å². The van der Waals surface area contributed by atoms with Gasteiger partial charge in [-0.15, -0.1) is 0 Å². The van der Waals surface area contributed by atoms with Crippen LogP contribution >= 0.6 is 23.2 Å². The summed E-state index contributed by atoms with van der Waals surface area (Å²) in [5.74, 6) is 0.420. The van der Waals surface area contributed by atoms with Crippen molar-refractivity contribution < 1.29 is 19.1 Å². The summed E-state index contributed by atoms with van der Waals surface area (Å²) in [6.45, 7) is 9.26. The van der Waals surface area contributed by atoms with Gasteiger partial charge >= 0.3 is 11.9 Å². The molecule has 0 aromatic carbocycles. The van der Waals surface area contributed by atoms with Crippen molar-refractivity contribution >= 4 is 58.9 Å². The molecule has 188 valence electrons. The number of nitrogens with one attached hydrogen (secondary N) is 4. The third kappa shape index (κ3) is 12.1. The molecule has 0 amide bonds. The van der Waals surface area contributed by atoms with Crippen LogP contribution in [0.5, 0.6) is 0 Å². The molecule has 0 fully saturated rings. The van der Waals surface area contributed by atoms with E-state index in [2.05, 4.69) is 51.2 Å². The van der Waals surface area contributed by atoms with Gasteiger partial charge in [-0.1, -0.05) is 0 Å². The fraction of sp³-hybridized carbons (Fsp3) is 0.556. The predicted octanol–water partition coefficient (Wildman–Crippen LogP) is 1.86. The second kappa shape index (κ2) is 16.4. The van der Waals surface area contributed by atoms with Crippen molar-refractivity contribution in [2.24, 2.45) is 0 Å². The van der Waals surface area contributed by atoms with Crippen molar-refractivity contribution in [3.63, 3.8) is 0 Å². The van der Waals surface area contributed by atoms with E-state index in [1.54, 1.807) is 13.8 Å². The summed E-state index contributed by atoms with van der Waals surface area (Å²) in [6, 6.07) is 0. The lowest BCUT2D eigenvalue weighted by Crippen LogP contribution is -2.18. The molecule has 0 aliphatic rings. The summed E-state index contributed by atoms with van der Waals surface area (Å²) in [5.41, 5.74) is 0. The van der Waals surface area contributed by atoms with Gasteiger partial charge in [0, 0.05) is 13.1 Å². The van der Waals surface area contributed by atoms with E-state index in [0.29, 0.717) is 38.2 Å². The Morgan fingerprint density at radius 1 is 0.618 bits per heavy atom. The number of halogens is 2. The zero-order valence-electron chi connectivity index (χ0n) is 19.3. The number of carbonyl (C=O) groups excluding carboxylic acids is 2. The minimum absolute atomic E-state index is 0.0141. The molecule has 0 radical (unpaired) electrons. The first-order chi connectivity index (χ1) is 16.3. The Hall–Kier alpha value is -3.26.